The minimum atomic E-state index is -0.269. The Bertz CT molecular complexity index is 894. The van der Waals surface area contributed by atoms with Crippen molar-refractivity contribution in [1.29, 1.82) is 0 Å². The number of nitrogens with zero attached hydrogens (tertiary/aromatic N) is 3. The monoisotopic (exact) mass is 485 g/mol. The average Bonchev–Trinajstić information content (AvgIpc) is 3.40. The lowest BCUT2D eigenvalue weighted by Crippen LogP contribution is -2.48. The molecule has 0 aromatic carbocycles. The second kappa shape index (κ2) is 10.0. The molecule has 0 bridgehead atoms. The van der Waals surface area contributed by atoms with E-state index in [1.807, 2.05) is 4.90 Å². The van der Waals surface area contributed by atoms with Crippen LogP contribution in [0.3, 0.4) is 0 Å². The number of nitrogens with one attached hydrogen (secondary N) is 1. The predicted molar refractivity (Wildman–Crippen MR) is 127 cm³/mol. The number of amides is 1. The van der Waals surface area contributed by atoms with Gasteiger partial charge in [0.25, 0.3) is 0 Å². The van der Waals surface area contributed by atoms with Gasteiger partial charge in [0, 0.05) is 30.8 Å². The van der Waals surface area contributed by atoms with E-state index in [0.717, 1.165) is 69.0 Å². The van der Waals surface area contributed by atoms with Crippen LogP contribution in [0.25, 0.3) is 10.6 Å². The van der Waals surface area contributed by atoms with Crippen molar-refractivity contribution in [1.82, 2.24) is 20.2 Å². The summed E-state index contributed by atoms with van der Waals surface area (Å²) < 4.78 is 6.37. The van der Waals surface area contributed by atoms with Gasteiger partial charge < -0.3 is 20.7 Å². The van der Waals surface area contributed by atoms with Gasteiger partial charge in [0.2, 0.25) is 5.91 Å². The van der Waals surface area contributed by atoms with Crippen LogP contribution in [-0.2, 0) is 21.6 Å². The third kappa shape index (κ3) is 4.83. The molecule has 0 aliphatic carbocycles. The second-order valence-electron chi connectivity index (χ2n) is 8.31. The van der Waals surface area contributed by atoms with E-state index in [2.05, 4.69) is 21.4 Å². The van der Waals surface area contributed by atoms with Crippen molar-refractivity contribution >= 4 is 47.9 Å². The van der Waals surface area contributed by atoms with Crippen LogP contribution in [0.1, 0.15) is 36.1 Å². The summed E-state index contributed by atoms with van der Waals surface area (Å²) in [6.07, 6.45) is 7.77. The van der Waals surface area contributed by atoms with Gasteiger partial charge in [-0.2, -0.15) is 0 Å². The molecule has 0 radical (unpaired) electrons. The Morgan fingerprint density at radius 3 is 2.77 bits per heavy atom. The first-order chi connectivity index (χ1) is 14.1. The van der Waals surface area contributed by atoms with Crippen LogP contribution in [0.15, 0.2) is 18.5 Å². The molecule has 7 nitrogen and oxygen atoms in total. The third-order valence-electron chi connectivity index (χ3n) is 6.48. The summed E-state index contributed by atoms with van der Waals surface area (Å²) in [5, 5.41) is 3.35. The highest BCUT2D eigenvalue weighted by atomic mass is 35.5. The first-order valence-corrected chi connectivity index (χ1v) is 11.3. The minimum absolute atomic E-state index is 0. The number of carbonyl (C=O) groups is 1. The van der Waals surface area contributed by atoms with Crippen molar-refractivity contribution in [2.24, 2.45) is 5.92 Å². The van der Waals surface area contributed by atoms with Crippen LogP contribution < -0.4 is 11.1 Å². The van der Waals surface area contributed by atoms with E-state index in [0.29, 0.717) is 24.1 Å². The Hall–Kier alpha value is -1.45. The van der Waals surface area contributed by atoms with Crippen molar-refractivity contribution in [2.75, 3.05) is 38.5 Å². The molecule has 1 unspecified atom stereocenters. The smallest absolute Gasteiger partial charge is 0.222 e. The maximum Gasteiger partial charge on any atom is 0.222 e. The Labute approximate surface area is 199 Å². The van der Waals surface area contributed by atoms with Crippen LogP contribution >= 0.6 is 36.2 Å². The number of nitrogen functional groups attached to an aromatic ring is 1. The Balaban J connectivity index is 0.00000136. The van der Waals surface area contributed by atoms with Crippen LogP contribution in [0.5, 0.6) is 0 Å². The number of thiophene rings is 1. The van der Waals surface area contributed by atoms with Gasteiger partial charge in [-0.15, -0.1) is 36.2 Å². The number of aromatic nitrogens is 2. The molecule has 2 saturated heterocycles. The third-order valence-corrected chi connectivity index (χ3v) is 7.70. The summed E-state index contributed by atoms with van der Waals surface area (Å²) in [5.74, 6) is 1.23. The molecule has 5 rings (SSSR count). The molecule has 1 spiro atoms. The Morgan fingerprint density at radius 2 is 2.10 bits per heavy atom. The van der Waals surface area contributed by atoms with Gasteiger partial charge in [-0.3, -0.25) is 4.79 Å². The molecule has 2 fully saturated rings. The zero-order valence-corrected chi connectivity index (χ0v) is 19.8. The van der Waals surface area contributed by atoms with Crippen LogP contribution in [0, 0.1) is 5.92 Å². The van der Waals surface area contributed by atoms with Crippen LogP contribution in [0.4, 0.5) is 5.82 Å². The first-order valence-electron chi connectivity index (χ1n) is 10.5. The highest BCUT2D eigenvalue weighted by Gasteiger charge is 2.43. The van der Waals surface area contributed by atoms with E-state index in [1.165, 1.54) is 10.4 Å². The van der Waals surface area contributed by atoms with Crippen molar-refractivity contribution < 1.29 is 9.53 Å². The number of halogens is 2. The van der Waals surface area contributed by atoms with Crippen LogP contribution in [-0.4, -0.2) is 53.6 Å². The summed E-state index contributed by atoms with van der Waals surface area (Å²) in [5.41, 5.74) is 7.55. The van der Waals surface area contributed by atoms with Crippen molar-refractivity contribution in [2.45, 2.75) is 37.7 Å². The zero-order chi connectivity index (χ0) is 19.8. The highest BCUT2D eigenvalue weighted by molar-refractivity contribution is 7.15. The molecule has 2 aromatic rings. The number of hydrogen-bond donors (Lipinski definition) is 2. The summed E-state index contributed by atoms with van der Waals surface area (Å²) in [7, 11) is 0. The van der Waals surface area contributed by atoms with Crippen molar-refractivity contribution in [3.8, 4) is 10.6 Å². The average molecular weight is 486 g/mol. The largest absolute Gasteiger partial charge is 0.382 e. The molecule has 0 saturated carbocycles. The van der Waals surface area contributed by atoms with E-state index in [9.17, 15) is 4.79 Å². The lowest BCUT2D eigenvalue weighted by molar-refractivity contribution is -0.141. The van der Waals surface area contributed by atoms with Crippen molar-refractivity contribution in [3.63, 3.8) is 0 Å². The number of piperidine rings is 1. The standard InChI is InChI=1S/C21H27N5O2S.2ClH/c22-19-13-24-16(12-25-19)18-10-15-17(29-18)2-8-28-21(15)3-6-26(7-4-21)20(27)9-14-1-5-23-11-14;;/h10,12-14,23H,1-9,11H2,(H2,22,25);2*1H. The lowest BCUT2D eigenvalue weighted by atomic mass is 9.82. The molecule has 3 aliphatic rings. The number of fused-ring (bicyclic) bond motifs is 2. The fourth-order valence-electron chi connectivity index (χ4n) is 4.80. The topological polar surface area (TPSA) is 93.4 Å². The molecular weight excluding hydrogens is 457 g/mol. The number of rotatable bonds is 3. The van der Waals surface area contributed by atoms with E-state index >= 15 is 0 Å². The van der Waals surface area contributed by atoms with Gasteiger partial charge in [0.15, 0.2) is 0 Å². The lowest BCUT2D eigenvalue weighted by Gasteiger charge is -2.44. The van der Waals surface area contributed by atoms with E-state index < -0.39 is 0 Å². The van der Waals surface area contributed by atoms with Gasteiger partial charge in [0.1, 0.15) is 5.82 Å². The van der Waals surface area contributed by atoms with Gasteiger partial charge in [-0.1, -0.05) is 0 Å². The van der Waals surface area contributed by atoms with Gasteiger partial charge in [-0.05, 0) is 49.9 Å². The molecule has 10 heteroatoms. The Morgan fingerprint density at radius 1 is 1.29 bits per heavy atom. The van der Waals surface area contributed by atoms with Crippen LogP contribution in [0.2, 0.25) is 0 Å². The molecule has 170 valence electrons. The second-order valence-corrected chi connectivity index (χ2v) is 9.45. The molecule has 1 amide bonds. The fraction of sp³-hybridized carbons (Fsp3) is 0.571. The number of anilines is 1. The summed E-state index contributed by atoms with van der Waals surface area (Å²) in [6, 6.07) is 2.22. The summed E-state index contributed by atoms with van der Waals surface area (Å²) in [6.45, 7) is 4.29. The summed E-state index contributed by atoms with van der Waals surface area (Å²) in [4.78, 5) is 25.9. The number of hydrogen-bond acceptors (Lipinski definition) is 7. The maximum absolute atomic E-state index is 12.7. The number of nitrogens with two attached hydrogens (primary N) is 1. The summed E-state index contributed by atoms with van der Waals surface area (Å²) >= 11 is 1.78. The molecule has 1 atom stereocenters. The van der Waals surface area contributed by atoms with E-state index in [-0.39, 0.29) is 30.4 Å². The quantitative estimate of drug-likeness (QED) is 0.693. The normalized spacial score (nSPS) is 21.8. The number of ether oxygens (including phenoxy) is 1. The van der Waals surface area contributed by atoms with Crippen molar-refractivity contribution in [3.05, 3.63) is 28.9 Å². The van der Waals surface area contributed by atoms with Gasteiger partial charge in [-0.25, -0.2) is 9.97 Å². The SMILES string of the molecule is Cl.Cl.Nc1cnc(-c2cc3c(s2)CCOC32CCN(C(=O)CC3CCNC3)CC2)cn1. The zero-order valence-electron chi connectivity index (χ0n) is 17.3. The predicted octanol–water partition coefficient (Wildman–Crippen LogP) is 3.02. The van der Waals surface area contributed by atoms with Gasteiger partial charge >= 0.3 is 0 Å². The number of carbonyl (C=O) groups excluding carboxylic acids is 1. The first kappa shape index (κ1) is 24.2. The molecule has 31 heavy (non-hydrogen) atoms. The Kier molecular flexibility index (Phi) is 7.81. The molecule has 3 N–H and O–H groups in total. The fourth-order valence-corrected chi connectivity index (χ4v) is 6.00. The minimum Gasteiger partial charge on any atom is -0.382 e. The molecular formula is C21H29Cl2N5O2S. The molecule has 2 aromatic heterocycles. The highest BCUT2D eigenvalue weighted by Crippen LogP contribution is 2.46. The van der Waals surface area contributed by atoms with Gasteiger partial charge in [0.05, 0.1) is 35.2 Å². The maximum atomic E-state index is 12.7. The van der Waals surface area contributed by atoms with E-state index in [1.54, 1.807) is 23.7 Å². The van der Waals surface area contributed by atoms with E-state index in [4.69, 9.17) is 10.5 Å². The number of likely N-dealkylation sites (tertiary alicyclic amines) is 1. The molecule has 5 heterocycles. The molecule has 3 aliphatic heterocycles.